The number of esters is 1. The van der Waals surface area contributed by atoms with Crippen molar-refractivity contribution < 1.29 is 9.53 Å². The van der Waals surface area contributed by atoms with Gasteiger partial charge in [-0.2, -0.15) is 0 Å². The molecule has 1 aliphatic heterocycles. The van der Waals surface area contributed by atoms with Gasteiger partial charge in [0.15, 0.2) is 0 Å². The van der Waals surface area contributed by atoms with Crippen molar-refractivity contribution in [2.75, 3.05) is 6.54 Å². The van der Waals surface area contributed by atoms with Gasteiger partial charge in [0.1, 0.15) is 11.8 Å². The van der Waals surface area contributed by atoms with Crippen molar-refractivity contribution in [2.24, 2.45) is 0 Å². The van der Waals surface area contributed by atoms with Gasteiger partial charge in [-0.25, -0.2) is 4.79 Å². The van der Waals surface area contributed by atoms with E-state index in [-0.39, 0.29) is 12.0 Å². The molecule has 20 heavy (non-hydrogen) atoms. The monoisotopic (exact) mass is 267 g/mol. The van der Waals surface area contributed by atoms with Crippen LogP contribution in [0.5, 0.6) is 5.75 Å². The fourth-order valence-corrected chi connectivity index (χ4v) is 2.42. The van der Waals surface area contributed by atoms with E-state index in [1.54, 1.807) is 0 Å². The summed E-state index contributed by atoms with van der Waals surface area (Å²) >= 11 is 0. The molecule has 0 aromatic heterocycles. The number of hydrogen-bond donors (Lipinski definition) is 1. The molecule has 1 heterocycles. The highest BCUT2D eigenvalue weighted by Crippen LogP contribution is 2.22. The lowest BCUT2D eigenvalue weighted by Crippen LogP contribution is -2.34. The number of ether oxygens (including phenoxy) is 1. The smallest absolute Gasteiger partial charge is 0.328 e. The highest BCUT2D eigenvalue weighted by atomic mass is 16.5. The molecule has 1 atom stereocenters. The van der Waals surface area contributed by atoms with E-state index >= 15 is 0 Å². The van der Waals surface area contributed by atoms with Crippen molar-refractivity contribution in [3.05, 3.63) is 54.6 Å². The predicted octanol–water partition coefficient (Wildman–Crippen LogP) is 3.01. The molecule has 1 fully saturated rings. The predicted molar refractivity (Wildman–Crippen MR) is 78.5 cm³/mol. The maximum absolute atomic E-state index is 11.9. The molecule has 3 nitrogen and oxygen atoms in total. The average molecular weight is 267 g/mol. The largest absolute Gasteiger partial charge is 0.425 e. The zero-order valence-electron chi connectivity index (χ0n) is 11.2. The van der Waals surface area contributed by atoms with Crippen LogP contribution in [0.3, 0.4) is 0 Å². The molecule has 1 saturated heterocycles. The molecule has 3 rings (SSSR count). The Hall–Kier alpha value is -2.13. The molecule has 0 radical (unpaired) electrons. The second kappa shape index (κ2) is 5.88. The van der Waals surface area contributed by atoms with Gasteiger partial charge in [-0.3, -0.25) is 0 Å². The van der Waals surface area contributed by atoms with Crippen LogP contribution in [0.1, 0.15) is 12.8 Å². The van der Waals surface area contributed by atoms with Gasteiger partial charge in [0.05, 0.1) is 0 Å². The molecule has 1 aliphatic rings. The van der Waals surface area contributed by atoms with Crippen molar-refractivity contribution in [1.29, 1.82) is 0 Å². The van der Waals surface area contributed by atoms with Crippen LogP contribution >= 0.6 is 0 Å². The maximum atomic E-state index is 11.9. The zero-order chi connectivity index (χ0) is 13.8. The molecule has 2 aromatic rings. The molecule has 2 aromatic carbocycles. The first kappa shape index (κ1) is 12.9. The molecular formula is C17H17NO2. The highest BCUT2D eigenvalue weighted by Gasteiger charge is 2.23. The van der Waals surface area contributed by atoms with E-state index in [4.69, 9.17) is 4.74 Å². The molecule has 102 valence electrons. The standard InChI is InChI=1S/C17H17NO2/c19-17(16-7-4-12-18-16)20-15-10-8-14(9-11-15)13-5-2-1-3-6-13/h1-3,5-6,8-11,16,18H,4,7,12H2. The van der Waals surface area contributed by atoms with Crippen molar-refractivity contribution in [3.63, 3.8) is 0 Å². The SMILES string of the molecule is O=C(Oc1ccc(-c2ccccc2)cc1)C1CCCN1. The molecule has 0 amide bonds. The van der Waals surface area contributed by atoms with Gasteiger partial charge >= 0.3 is 5.97 Å². The van der Waals surface area contributed by atoms with E-state index in [2.05, 4.69) is 17.4 Å². The Labute approximate surface area is 118 Å². The normalized spacial score (nSPS) is 17.9. The van der Waals surface area contributed by atoms with Gasteiger partial charge in [0.25, 0.3) is 0 Å². The van der Waals surface area contributed by atoms with Crippen molar-refractivity contribution in [2.45, 2.75) is 18.9 Å². The number of carbonyl (C=O) groups is 1. The van der Waals surface area contributed by atoms with Gasteiger partial charge in [0, 0.05) is 0 Å². The summed E-state index contributed by atoms with van der Waals surface area (Å²) in [5.74, 6) is 0.415. The Morgan fingerprint density at radius 1 is 1.00 bits per heavy atom. The van der Waals surface area contributed by atoms with Crippen molar-refractivity contribution in [3.8, 4) is 16.9 Å². The third-order valence-corrected chi connectivity index (χ3v) is 3.52. The second-order valence-electron chi connectivity index (χ2n) is 4.96. The molecule has 1 N–H and O–H groups in total. The summed E-state index contributed by atoms with van der Waals surface area (Å²) in [5.41, 5.74) is 2.27. The Morgan fingerprint density at radius 2 is 1.70 bits per heavy atom. The van der Waals surface area contributed by atoms with Crippen LogP contribution < -0.4 is 10.1 Å². The Bertz CT molecular complexity index is 572. The van der Waals surface area contributed by atoms with Crippen LogP contribution in [0, 0.1) is 0 Å². The van der Waals surface area contributed by atoms with Crippen LogP contribution in [-0.4, -0.2) is 18.6 Å². The quantitative estimate of drug-likeness (QED) is 0.686. The topological polar surface area (TPSA) is 38.3 Å². The van der Waals surface area contributed by atoms with Gasteiger partial charge in [-0.1, -0.05) is 42.5 Å². The second-order valence-corrected chi connectivity index (χ2v) is 4.96. The summed E-state index contributed by atoms with van der Waals surface area (Å²) in [7, 11) is 0. The average Bonchev–Trinajstić information content (AvgIpc) is 3.03. The summed E-state index contributed by atoms with van der Waals surface area (Å²) in [6.45, 7) is 0.896. The number of hydrogen-bond acceptors (Lipinski definition) is 3. The minimum Gasteiger partial charge on any atom is -0.425 e. The first-order chi connectivity index (χ1) is 9.83. The van der Waals surface area contributed by atoms with Gasteiger partial charge in [-0.05, 0) is 42.6 Å². The van der Waals surface area contributed by atoms with Gasteiger partial charge in [-0.15, -0.1) is 0 Å². The summed E-state index contributed by atoms with van der Waals surface area (Å²) in [6.07, 6.45) is 1.90. The van der Waals surface area contributed by atoms with Crippen LogP contribution in [0.2, 0.25) is 0 Å². The summed E-state index contributed by atoms with van der Waals surface area (Å²) in [4.78, 5) is 11.9. The molecular weight excluding hydrogens is 250 g/mol. The van der Waals surface area contributed by atoms with Crippen LogP contribution in [0.15, 0.2) is 54.6 Å². The number of rotatable bonds is 3. The third kappa shape index (κ3) is 2.89. The van der Waals surface area contributed by atoms with E-state index < -0.39 is 0 Å². The highest BCUT2D eigenvalue weighted by molar-refractivity contribution is 5.78. The lowest BCUT2D eigenvalue weighted by Gasteiger charge is -2.10. The molecule has 1 unspecified atom stereocenters. The molecule has 0 saturated carbocycles. The van der Waals surface area contributed by atoms with E-state index in [9.17, 15) is 4.79 Å². The molecule has 0 bridgehead atoms. The van der Waals surface area contributed by atoms with Gasteiger partial charge in [0.2, 0.25) is 0 Å². The fourth-order valence-electron chi connectivity index (χ4n) is 2.42. The lowest BCUT2D eigenvalue weighted by atomic mass is 10.1. The number of benzene rings is 2. The van der Waals surface area contributed by atoms with Gasteiger partial charge < -0.3 is 10.1 Å². The molecule has 0 spiro atoms. The van der Waals surface area contributed by atoms with Crippen LogP contribution in [-0.2, 0) is 4.79 Å². The summed E-state index contributed by atoms with van der Waals surface area (Å²) in [6, 6.07) is 17.6. The Morgan fingerprint density at radius 3 is 2.35 bits per heavy atom. The van der Waals surface area contributed by atoms with Crippen molar-refractivity contribution >= 4 is 5.97 Å². The fraction of sp³-hybridized carbons (Fsp3) is 0.235. The Balaban J connectivity index is 1.68. The zero-order valence-corrected chi connectivity index (χ0v) is 11.2. The van der Waals surface area contributed by atoms with Crippen LogP contribution in [0.25, 0.3) is 11.1 Å². The molecule has 0 aliphatic carbocycles. The minimum atomic E-state index is -0.185. The van der Waals surface area contributed by atoms with E-state index in [1.807, 2.05) is 42.5 Å². The lowest BCUT2D eigenvalue weighted by molar-refractivity contribution is -0.136. The number of carbonyl (C=O) groups excluding carboxylic acids is 1. The first-order valence-corrected chi connectivity index (χ1v) is 6.93. The van der Waals surface area contributed by atoms with Crippen LogP contribution in [0.4, 0.5) is 0 Å². The summed E-state index contributed by atoms with van der Waals surface area (Å²) < 4.78 is 5.39. The Kier molecular flexibility index (Phi) is 3.79. The van der Waals surface area contributed by atoms with Crippen molar-refractivity contribution in [1.82, 2.24) is 5.32 Å². The van der Waals surface area contributed by atoms with E-state index in [1.165, 1.54) is 0 Å². The van der Waals surface area contributed by atoms with E-state index in [0.717, 1.165) is 30.5 Å². The first-order valence-electron chi connectivity index (χ1n) is 6.93. The third-order valence-electron chi connectivity index (χ3n) is 3.52. The van der Waals surface area contributed by atoms with E-state index in [0.29, 0.717) is 5.75 Å². The number of nitrogens with one attached hydrogen (secondary N) is 1. The summed E-state index contributed by atoms with van der Waals surface area (Å²) in [5, 5.41) is 3.14. The maximum Gasteiger partial charge on any atom is 0.328 e. The minimum absolute atomic E-state index is 0.149. The molecule has 3 heteroatoms.